The Hall–Kier alpha value is -2.33. The minimum absolute atomic E-state index is 0.254. The fourth-order valence-electron chi connectivity index (χ4n) is 2.11. The third-order valence-corrected chi connectivity index (χ3v) is 3.13. The third kappa shape index (κ3) is 2.06. The fraction of sp³-hybridized carbons (Fsp3) is 0.118. The average Bonchev–Trinajstić information content (AvgIpc) is 3.21. The van der Waals surface area contributed by atoms with E-state index < -0.39 is 0 Å². The first kappa shape index (κ1) is 10.8. The van der Waals surface area contributed by atoms with Crippen LogP contribution in [0.25, 0.3) is 0 Å². The first-order valence-electron chi connectivity index (χ1n) is 6.04. The van der Waals surface area contributed by atoms with E-state index in [1.165, 1.54) is 22.4 Å². The maximum atomic E-state index is 5.30. The van der Waals surface area contributed by atoms with E-state index in [2.05, 4.69) is 59.4 Å². The van der Waals surface area contributed by atoms with Gasteiger partial charge >= 0.3 is 0 Å². The van der Waals surface area contributed by atoms with E-state index in [-0.39, 0.29) is 6.04 Å². The van der Waals surface area contributed by atoms with Crippen LogP contribution in [0.3, 0.4) is 0 Å². The first-order chi connectivity index (χ1) is 8.88. The Balaban J connectivity index is 1.75. The zero-order valence-electron chi connectivity index (χ0n) is 10.0. The minimum Gasteiger partial charge on any atom is -0.272 e. The van der Waals surface area contributed by atoms with Crippen molar-refractivity contribution in [2.75, 3.05) is 0 Å². The van der Waals surface area contributed by atoms with Crippen LogP contribution in [0.4, 0.5) is 0 Å². The maximum Gasteiger partial charge on any atom is 0.118 e. The van der Waals surface area contributed by atoms with Gasteiger partial charge in [0.1, 0.15) is 6.04 Å². The van der Waals surface area contributed by atoms with Gasteiger partial charge in [-0.2, -0.15) is 0 Å². The molecule has 1 heterocycles. The Morgan fingerprint density at radius 2 is 1.72 bits per heavy atom. The van der Waals surface area contributed by atoms with Crippen molar-refractivity contribution in [3.63, 3.8) is 0 Å². The van der Waals surface area contributed by atoms with Gasteiger partial charge in [-0.25, -0.2) is 0 Å². The second-order valence-corrected chi connectivity index (χ2v) is 4.41. The number of rotatable bonds is 3. The van der Waals surface area contributed by atoms with Crippen molar-refractivity contribution in [1.82, 2.24) is 0 Å². The Morgan fingerprint density at radius 3 is 2.39 bits per heavy atom. The van der Waals surface area contributed by atoms with Crippen LogP contribution >= 0.6 is 0 Å². The second-order valence-electron chi connectivity index (χ2n) is 4.41. The lowest BCUT2D eigenvalue weighted by atomic mass is 10.0. The summed E-state index contributed by atoms with van der Waals surface area (Å²) >= 11 is 0. The Kier molecular flexibility index (Phi) is 2.70. The number of nitrogens with zero attached hydrogens (tertiary/aromatic N) is 1. The number of terminal acetylenes is 1. The SMILES string of the molecule is C#CCc1ccc(C2=NC2c2ccccc2)cc1. The Labute approximate surface area is 107 Å². The Morgan fingerprint density at radius 1 is 1.00 bits per heavy atom. The molecule has 0 saturated heterocycles. The predicted octanol–water partition coefficient (Wildman–Crippen LogP) is 3.41. The number of hydrogen-bond acceptors (Lipinski definition) is 1. The molecule has 1 aliphatic heterocycles. The molecule has 0 aliphatic carbocycles. The van der Waals surface area contributed by atoms with Crippen LogP contribution < -0.4 is 0 Å². The highest BCUT2D eigenvalue weighted by atomic mass is 15.0. The van der Waals surface area contributed by atoms with Crippen molar-refractivity contribution < 1.29 is 0 Å². The van der Waals surface area contributed by atoms with E-state index in [9.17, 15) is 0 Å². The molecule has 0 amide bonds. The molecule has 86 valence electrons. The molecule has 1 unspecified atom stereocenters. The molecule has 0 radical (unpaired) electrons. The average molecular weight is 231 g/mol. The van der Waals surface area contributed by atoms with Crippen LogP contribution in [-0.2, 0) is 6.42 Å². The van der Waals surface area contributed by atoms with Gasteiger partial charge in [0.2, 0.25) is 0 Å². The summed E-state index contributed by atoms with van der Waals surface area (Å²) in [4.78, 5) is 4.55. The van der Waals surface area contributed by atoms with Crippen molar-refractivity contribution in [1.29, 1.82) is 0 Å². The smallest absolute Gasteiger partial charge is 0.118 e. The number of benzene rings is 2. The zero-order chi connectivity index (χ0) is 12.4. The van der Waals surface area contributed by atoms with Crippen LogP contribution in [0.2, 0.25) is 0 Å². The summed E-state index contributed by atoms with van der Waals surface area (Å²) in [5, 5.41) is 0. The lowest BCUT2D eigenvalue weighted by molar-refractivity contribution is 1.13. The van der Waals surface area contributed by atoms with Crippen molar-refractivity contribution in [3.05, 3.63) is 71.3 Å². The van der Waals surface area contributed by atoms with E-state index >= 15 is 0 Å². The van der Waals surface area contributed by atoms with Crippen LogP contribution in [0, 0.1) is 12.3 Å². The summed E-state index contributed by atoms with van der Waals surface area (Å²) < 4.78 is 0. The normalized spacial score (nSPS) is 16.8. The van der Waals surface area contributed by atoms with Gasteiger partial charge in [0, 0.05) is 6.42 Å². The van der Waals surface area contributed by atoms with E-state index in [0.29, 0.717) is 6.42 Å². The minimum atomic E-state index is 0.254. The number of hydrogen-bond donors (Lipinski definition) is 0. The summed E-state index contributed by atoms with van der Waals surface area (Å²) in [7, 11) is 0. The van der Waals surface area contributed by atoms with E-state index in [4.69, 9.17) is 6.42 Å². The van der Waals surface area contributed by atoms with Gasteiger partial charge in [-0.1, -0.05) is 54.6 Å². The van der Waals surface area contributed by atoms with Crippen molar-refractivity contribution >= 4 is 5.71 Å². The lowest BCUT2D eigenvalue weighted by Gasteiger charge is -1.99. The van der Waals surface area contributed by atoms with Crippen LogP contribution in [0.15, 0.2) is 59.6 Å². The van der Waals surface area contributed by atoms with Crippen molar-refractivity contribution in [2.24, 2.45) is 4.99 Å². The van der Waals surface area contributed by atoms with Crippen molar-refractivity contribution in [3.8, 4) is 12.3 Å². The summed E-state index contributed by atoms with van der Waals surface area (Å²) in [5.41, 5.74) is 4.82. The Bertz CT molecular complexity index is 615. The van der Waals surface area contributed by atoms with Gasteiger partial charge in [0.15, 0.2) is 0 Å². The highest BCUT2D eigenvalue weighted by molar-refractivity contribution is 6.13. The highest BCUT2D eigenvalue weighted by Crippen LogP contribution is 2.34. The van der Waals surface area contributed by atoms with Gasteiger partial charge in [-0.05, 0) is 16.7 Å². The van der Waals surface area contributed by atoms with E-state index in [1.54, 1.807) is 0 Å². The molecular formula is C17H13N. The van der Waals surface area contributed by atoms with E-state index in [0.717, 1.165) is 0 Å². The quantitative estimate of drug-likeness (QED) is 0.718. The summed E-state index contributed by atoms with van der Waals surface area (Å²) in [6.07, 6.45) is 5.98. The highest BCUT2D eigenvalue weighted by Gasteiger charge is 2.29. The standard InChI is InChI=1S/C17H13N/c1-2-6-13-9-11-15(12-10-13)17-16(18-17)14-7-4-3-5-8-14/h1,3-5,7-12,16H,6H2. The molecule has 0 fully saturated rings. The monoisotopic (exact) mass is 231 g/mol. The summed E-state index contributed by atoms with van der Waals surface area (Å²) in [6.45, 7) is 0. The molecule has 1 heteroatoms. The molecule has 0 aromatic heterocycles. The molecule has 0 N–H and O–H groups in total. The summed E-state index contributed by atoms with van der Waals surface area (Å²) in [5.74, 6) is 2.65. The van der Waals surface area contributed by atoms with Gasteiger partial charge in [0.05, 0.1) is 5.71 Å². The largest absolute Gasteiger partial charge is 0.272 e. The lowest BCUT2D eigenvalue weighted by Crippen LogP contribution is -1.93. The van der Waals surface area contributed by atoms with Gasteiger partial charge in [0.25, 0.3) is 0 Å². The zero-order valence-corrected chi connectivity index (χ0v) is 10.0. The van der Waals surface area contributed by atoms with Crippen LogP contribution in [-0.4, -0.2) is 5.71 Å². The van der Waals surface area contributed by atoms with Gasteiger partial charge < -0.3 is 0 Å². The molecule has 1 aliphatic rings. The van der Waals surface area contributed by atoms with Crippen LogP contribution in [0.5, 0.6) is 0 Å². The maximum absolute atomic E-state index is 5.30. The molecule has 18 heavy (non-hydrogen) atoms. The third-order valence-electron chi connectivity index (χ3n) is 3.13. The first-order valence-corrected chi connectivity index (χ1v) is 6.04. The second kappa shape index (κ2) is 4.50. The molecule has 1 atom stereocenters. The van der Waals surface area contributed by atoms with E-state index in [1.807, 2.05) is 6.07 Å². The van der Waals surface area contributed by atoms with Crippen LogP contribution in [0.1, 0.15) is 22.7 Å². The molecule has 0 spiro atoms. The molecular weight excluding hydrogens is 218 g/mol. The van der Waals surface area contributed by atoms with Crippen molar-refractivity contribution in [2.45, 2.75) is 12.5 Å². The molecule has 2 aromatic rings. The summed E-state index contributed by atoms with van der Waals surface area (Å²) in [6, 6.07) is 19.0. The topological polar surface area (TPSA) is 12.4 Å². The molecule has 2 aromatic carbocycles. The predicted molar refractivity (Wildman–Crippen MR) is 74.7 cm³/mol. The fourth-order valence-corrected chi connectivity index (χ4v) is 2.11. The molecule has 0 saturated carbocycles. The van der Waals surface area contributed by atoms with Gasteiger partial charge in [-0.3, -0.25) is 4.99 Å². The molecule has 1 nitrogen and oxygen atoms in total. The van der Waals surface area contributed by atoms with Gasteiger partial charge in [-0.15, -0.1) is 12.3 Å². The molecule has 3 rings (SSSR count). The number of aliphatic imine (C=N–C) groups is 1. The molecule has 0 bridgehead atoms.